The number of aromatic nitrogens is 1. The summed E-state index contributed by atoms with van der Waals surface area (Å²) in [4.78, 5) is 19.0. The Morgan fingerprint density at radius 1 is 1.17 bits per heavy atom. The van der Waals surface area contributed by atoms with Gasteiger partial charge in [0.2, 0.25) is 0 Å². The molecule has 125 valence electrons. The van der Waals surface area contributed by atoms with Crippen LogP contribution in [0.25, 0.3) is 5.73 Å². The Morgan fingerprint density at radius 3 is 2.33 bits per heavy atom. The van der Waals surface area contributed by atoms with Crippen LogP contribution in [0.1, 0.15) is 11.1 Å². The normalized spacial score (nSPS) is 15.1. The Kier molecular flexibility index (Phi) is 7.57. The van der Waals surface area contributed by atoms with Gasteiger partial charge in [0, 0.05) is 76.8 Å². The van der Waals surface area contributed by atoms with Crippen LogP contribution in [0.3, 0.4) is 0 Å². The number of nitrogens with one attached hydrogen (secondary N) is 1. The molecule has 1 N–H and O–H groups in total. The maximum atomic E-state index is 10.7. The smallest absolute Gasteiger partial charge is 0.345 e. The Morgan fingerprint density at radius 2 is 1.79 bits per heavy atom. The number of hydrogen-bond acceptors (Lipinski definition) is 6. The van der Waals surface area contributed by atoms with E-state index in [0.717, 1.165) is 54.8 Å². The molecule has 1 saturated heterocycles. The molecule has 2 aromatic rings. The second kappa shape index (κ2) is 9.20. The molecule has 1 aliphatic heterocycles. The van der Waals surface area contributed by atoms with Crippen molar-refractivity contribution < 1.29 is 49.0 Å². The summed E-state index contributed by atoms with van der Waals surface area (Å²) >= 11 is 1.14. The van der Waals surface area contributed by atoms with Crippen molar-refractivity contribution in [2.75, 3.05) is 31.1 Å². The minimum atomic E-state index is -0.391. The largest absolute Gasteiger partial charge is 0.674 e. The molecule has 0 amide bonds. The summed E-state index contributed by atoms with van der Waals surface area (Å²) in [5, 5.41) is 11.6. The van der Waals surface area contributed by atoms with Gasteiger partial charge in [-0.15, -0.1) is 6.54 Å². The molecular weight excluding hydrogens is 541 g/mol. The van der Waals surface area contributed by atoms with Crippen molar-refractivity contribution in [3.63, 3.8) is 0 Å². The van der Waals surface area contributed by atoms with E-state index < -0.39 is 4.92 Å². The van der Waals surface area contributed by atoms with Gasteiger partial charge < -0.3 is 10.6 Å². The van der Waals surface area contributed by atoms with Crippen LogP contribution in [0, 0.1) is 54.2 Å². The van der Waals surface area contributed by atoms with Crippen molar-refractivity contribution in [1.82, 2.24) is 9.88 Å². The Balaban J connectivity index is 0.00000208. The molecule has 1 aliphatic rings. The van der Waals surface area contributed by atoms with E-state index in [-0.39, 0.29) is 49.1 Å². The van der Waals surface area contributed by atoms with Gasteiger partial charge in [-0.25, -0.2) is 4.98 Å². The number of nitro groups is 1. The van der Waals surface area contributed by atoms with Crippen LogP contribution in [-0.2, 0) is 13.1 Å². The van der Waals surface area contributed by atoms with Crippen molar-refractivity contribution >= 4 is 21.5 Å². The van der Waals surface area contributed by atoms with E-state index in [9.17, 15) is 10.1 Å². The molecule has 7 nitrogen and oxygen atoms in total. The van der Waals surface area contributed by atoms with Gasteiger partial charge in [0.15, 0.2) is 5.13 Å². The molecule has 1 aromatic heterocycles. The van der Waals surface area contributed by atoms with E-state index in [4.69, 9.17) is 5.73 Å². The first-order valence-corrected chi connectivity index (χ1v) is 8.27. The molecule has 24 heavy (non-hydrogen) atoms. The summed E-state index contributed by atoms with van der Waals surface area (Å²) in [6.45, 7) is 4.69. The Bertz CT molecular complexity index is 671. The van der Waals surface area contributed by atoms with Gasteiger partial charge in [-0.05, 0) is 16.9 Å². The first-order chi connectivity index (χ1) is 11.2. The van der Waals surface area contributed by atoms with E-state index in [1.54, 1.807) is 0 Å². The number of rotatable bonds is 5. The first kappa shape index (κ1) is 19.7. The maximum Gasteiger partial charge on any atom is 0.345 e. The molecule has 2 heterocycles. The topological polar surface area (TPSA) is 86.3 Å². The Labute approximate surface area is 180 Å². The predicted molar refractivity (Wildman–Crippen MR) is 90.7 cm³/mol. The summed E-state index contributed by atoms with van der Waals surface area (Å²) in [7, 11) is 0. The van der Waals surface area contributed by atoms with Gasteiger partial charge >= 0.3 is 5.00 Å². The second-order valence-electron chi connectivity index (χ2n) is 5.49. The van der Waals surface area contributed by atoms with Crippen molar-refractivity contribution in [3.05, 3.63) is 57.4 Å². The van der Waals surface area contributed by atoms with E-state index >= 15 is 0 Å². The third-order valence-corrected chi connectivity index (χ3v) is 4.95. The zero-order valence-corrected chi connectivity index (χ0v) is 18.8. The second-order valence-corrected chi connectivity index (χ2v) is 6.48. The third-order valence-electron chi connectivity index (χ3n) is 3.94. The van der Waals surface area contributed by atoms with Gasteiger partial charge in [-0.2, -0.15) is 0 Å². The number of thiazole rings is 1. The van der Waals surface area contributed by atoms with E-state index in [0.29, 0.717) is 6.54 Å². The zero-order chi connectivity index (χ0) is 16.2. The van der Waals surface area contributed by atoms with Crippen LogP contribution in [-0.4, -0.2) is 41.0 Å². The van der Waals surface area contributed by atoms with Crippen molar-refractivity contribution in [2.24, 2.45) is 0 Å². The third kappa shape index (κ3) is 4.96. The van der Waals surface area contributed by atoms with Gasteiger partial charge in [0.25, 0.3) is 0 Å². The standard InChI is InChI=1S/C15H18N5O2S.Ac/c16-9-12-1-3-13(4-2-12)11-18-5-7-19(8-6-18)15-17-10-14(23-15)20(21)22;/h1-4,10,16H,5-9,11H2;/q-1;. The number of nitrogens with zero attached hydrogens (tertiary/aromatic N) is 4. The molecular formula is C15H18AcN5O2S-. The molecule has 1 aromatic carbocycles. The monoisotopic (exact) mass is 559 g/mol. The minimum absolute atomic E-state index is 0. The Hall–Kier alpha value is -0.588. The van der Waals surface area contributed by atoms with E-state index in [2.05, 4.69) is 26.9 Å². The quantitative estimate of drug-likeness (QED) is 0.416. The molecule has 0 aliphatic carbocycles. The average molecular weight is 559 g/mol. The van der Waals surface area contributed by atoms with Crippen molar-refractivity contribution in [2.45, 2.75) is 13.1 Å². The summed E-state index contributed by atoms with van der Waals surface area (Å²) in [5.41, 5.74) is 9.62. The SMILES string of the molecule is [Ac].[NH-]Cc1ccc(CN2CCN(c3ncc([N+](=O)[O-])s3)CC2)cc1. The summed E-state index contributed by atoms with van der Waals surface area (Å²) in [6, 6.07) is 8.18. The van der Waals surface area contributed by atoms with Crippen molar-refractivity contribution in [1.29, 1.82) is 0 Å². The van der Waals surface area contributed by atoms with Crippen LogP contribution in [0.4, 0.5) is 10.1 Å². The van der Waals surface area contributed by atoms with Gasteiger partial charge in [0.1, 0.15) is 6.20 Å². The fraction of sp³-hybridized carbons (Fsp3) is 0.400. The van der Waals surface area contributed by atoms with Crippen LogP contribution >= 0.6 is 11.3 Å². The maximum absolute atomic E-state index is 10.7. The number of benzene rings is 1. The van der Waals surface area contributed by atoms with Crippen LogP contribution in [0.2, 0.25) is 0 Å². The predicted octanol–water partition coefficient (Wildman–Crippen LogP) is 2.93. The fourth-order valence-corrected chi connectivity index (χ4v) is 3.39. The molecule has 0 atom stereocenters. The van der Waals surface area contributed by atoms with Gasteiger partial charge in [0.05, 0.1) is 4.92 Å². The number of hydrogen-bond donors (Lipinski definition) is 0. The van der Waals surface area contributed by atoms with Gasteiger partial charge in [-0.3, -0.25) is 15.0 Å². The fourth-order valence-electron chi connectivity index (χ4n) is 2.61. The van der Waals surface area contributed by atoms with Crippen LogP contribution in [0.5, 0.6) is 0 Å². The number of piperazine rings is 1. The van der Waals surface area contributed by atoms with E-state index in [1.165, 1.54) is 11.8 Å². The summed E-state index contributed by atoms with van der Waals surface area (Å²) < 4.78 is 0. The summed E-state index contributed by atoms with van der Waals surface area (Å²) in [6.07, 6.45) is 1.33. The molecule has 9 heteroatoms. The molecule has 0 saturated carbocycles. The molecule has 3 rings (SSSR count). The molecule has 1 fully saturated rings. The van der Waals surface area contributed by atoms with Crippen LogP contribution in [0.15, 0.2) is 30.5 Å². The minimum Gasteiger partial charge on any atom is -0.674 e. The zero-order valence-electron chi connectivity index (χ0n) is 13.2. The molecule has 0 bridgehead atoms. The average Bonchev–Trinajstić information content (AvgIpc) is 3.07. The molecule has 0 spiro atoms. The van der Waals surface area contributed by atoms with Crippen LogP contribution < -0.4 is 4.90 Å². The number of anilines is 1. The molecule has 0 unspecified atom stereocenters. The van der Waals surface area contributed by atoms with Crippen molar-refractivity contribution in [3.8, 4) is 0 Å². The first-order valence-electron chi connectivity index (χ1n) is 7.45. The van der Waals surface area contributed by atoms with Gasteiger partial charge in [-0.1, -0.05) is 29.8 Å². The molecule has 1 radical (unpaired) electrons. The summed E-state index contributed by atoms with van der Waals surface area (Å²) in [5.74, 6) is 0. The van der Waals surface area contributed by atoms with E-state index in [1.807, 2.05) is 12.1 Å².